The van der Waals surface area contributed by atoms with E-state index in [-0.39, 0.29) is 6.61 Å². The molecule has 0 amide bonds. The van der Waals surface area contributed by atoms with Gasteiger partial charge in [0.1, 0.15) is 24.0 Å². The minimum Gasteiger partial charge on any atom is -0.388 e. The Morgan fingerprint density at radius 3 is 2.70 bits per heavy atom. The Kier molecular flexibility index (Phi) is 5.05. The van der Waals surface area contributed by atoms with Gasteiger partial charge in [0.05, 0.1) is 18.5 Å². The van der Waals surface area contributed by atoms with Gasteiger partial charge in [-0.2, -0.15) is 10.2 Å². The second-order valence-corrected chi connectivity index (χ2v) is 4.31. The highest BCUT2D eigenvalue weighted by Crippen LogP contribution is 2.15. The van der Waals surface area contributed by atoms with Crippen LogP contribution in [0.4, 0.5) is 5.69 Å². The van der Waals surface area contributed by atoms with Crippen LogP contribution < -0.4 is 10.9 Å². The van der Waals surface area contributed by atoms with E-state index in [0.29, 0.717) is 5.71 Å². The Morgan fingerprint density at radius 1 is 1.35 bits per heavy atom. The molecule has 0 radical (unpaired) electrons. The zero-order valence-corrected chi connectivity index (χ0v) is 11.1. The SMILES string of the molecule is CN/N=C(/C=N/Nc1ccccc1)[C@H]1OC[C@@H](O)[C@H]1O. The number of nitrogens with one attached hydrogen (secondary N) is 2. The molecule has 1 heterocycles. The summed E-state index contributed by atoms with van der Waals surface area (Å²) in [4.78, 5) is 0. The van der Waals surface area contributed by atoms with Crippen molar-refractivity contribution in [1.82, 2.24) is 5.43 Å². The molecule has 3 atom stereocenters. The van der Waals surface area contributed by atoms with Gasteiger partial charge in [-0.3, -0.25) is 5.43 Å². The Morgan fingerprint density at radius 2 is 2.10 bits per heavy atom. The maximum Gasteiger partial charge on any atom is 0.131 e. The van der Waals surface area contributed by atoms with E-state index in [4.69, 9.17) is 4.74 Å². The van der Waals surface area contributed by atoms with E-state index < -0.39 is 18.3 Å². The Bertz CT molecular complexity index is 478. The van der Waals surface area contributed by atoms with Gasteiger partial charge in [0.25, 0.3) is 0 Å². The number of hydrogen-bond acceptors (Lipinski definition) is 7. The molecular weight excluding hydrogens is 260 g/mol. The summed E-state index contributed by atoms with van der Waals surface area (Å²) >= 11 is 0. The summed E-state index contributed by atoms with van der Waals surface area (Å²) in [5, 5.41) is 27.3. The van der Waals surface area contributed by atoms with Crippen molar-refractivity contribution in [1.29, 1.82) is 0 Å². The first-order valence-corrected chi connectivity index (χ1v) is 6.28. The van der Waals surface area contributed by atoms with Crippen LogP contribution in [0.2, 0.25) is 0 Å². The molecule has 7 nitrogen and oxygen atoms in total. The quantitative estimate of drug-likeness (QED) is 0.441. The Hall–Kier alpha value is -1.96. The Labute approximate surface area is 117 Å². The van der Waals surface area contributed by atoms with E-state index in [1.54, 1.807) is 7.05 Å². The van der Waals surface area contributed by atoms with Crippen molar-refractivity contribution in [3.05, 3.63) is 30.3 Å². The third-order valence-electron chi connectivity index (χ3n) is 2.85. The van der Waals surface area contributed by atoms with Gasteiger partial charge in [0.2, 0.25) is 0 Å². The third kappa shape index (κ3) is 3.53. The number of aliphatic hydroxyl groups excluding tert-OH is 2. The fourth-order valence-electron chi connectivity index (χ4n) is 1.84. The zero-order chi connectivity index (χ0) is 14.4. The molecule has 108 valence electrons. The number of ether oxygens (including phenoxy) is 1. The second-order valence-electron chi connectivity index (χ2n) is 4.31. The minimum atomic E-state index is -1.01. The lowest BCUT2D eigenvalue weighted by Gasteiger charge is -2.14. The average Bonchev–Trinajstić information content (AvgIpc) is 2.79. The summed E-state index contributed by atoms with van der Waals surface area (Å²) in [7, 11) is 1.64. The Balaban J connectivity index is 2.01. The molecule has 0 spiro atoms. The summed E-state index contributed by atoms with van der Waals surface area (Å²) in [5.41, 5.74) is 6.71. The highest BCUT2D eigenvalue weighted by Gasteiger charge is 2.37. The lowest BCUT2D eigenvalue weighted by Crippen LogP contribution is -2.37. The number of hydrogen-bond donors (Lipinski definition) is 4. The van der Waals surface area contributed by atoms with Gasteiger partial charge >= 0.3 is 0 Å². The van der Waals surface area contributed by atoms with Crippen LogP contribution in [0.3, 0.4) is 0 Å². The van der Waals surface area contributed by atoms with Crippen LogP contribution in [0.1, 0.15) is 0 Å². The van der Waals surface area contributed by atoms with Crippen LogP contribution in [-0.4, -0.2) is 54.1 Å². The van der Waals surface area contributed by atoms with E-state index in [0.717, 1.165) is 5.69 Å². The molecule has 0 aliphatic carbocycles. The fourth-order valence-corrected chi connectivity index (χ4v) is 1.84. The molecule has 20 heavy (non-hydrogen) atoms. The van der Waals surface area contributed by atoms with Gasteiger partial charge < -0.3 is 20.4 Å². The van der Waals surface area contributed by atoms with E-state index in [1.807, 2.05) is 30.3 Å². The maximum absolute atomic E-state index is 9.81. The monoisotopic (exact) mass is 278 g/mol. The number of hydrazone groups is 2. The van der Waals surface area contributed by atoms with Crippen molar-refractivity contribution >= 4 is 17.6 Å². The predicted octanol–water partition coefficient (Wildman–Crippen LogP) is -0.220. The van der Waals surface area contributed by atoms with Crippen LogP contribution >= 0.6 is 0 Å². The van der Waals surface area contributed by atoms with Crippen molar-refractivity contribution in [3.63, 3.8) is 0 Å². The summed E-state index contributed by atoms with van der Waals surface area (Å²) in [5.74, 6) is 0. The van der Waals surface area contributed by atoms with Crippen molar-refractivity contribution in [3.8, 4) is 0 Å². The summed E-state index contributed by atoms with van der Waals surface area (Å²) in [6.07, 6.45) is -1.16. The standard InChI is InChI=1S/C13H18N4O3/c1-14-17-10(13-12(19)11(18)8-20-13)7-15-16-9-5-3-2-4-6-9/h2-7,11-14,16,18-19H,8H2,1H3/b15-7+,17-10-/t11-,12-,13-/m1/s1. The molecule has 1 aliphatic heterocycles. The van der Waals surface area contributed by atoms with Crippen molar-refractivity contribution in [2.24, 2.45) is 10.2 Å². The molecule has 1 saturated heterocycles. The van der Waals surface area contributed by atoms with Crippen LogP contribution in [0, 0.1) is 0 Å². The van der Waals surface area contributed by atoms with E-state index in [2.05, 4.69) is 21.1 Å². The van der Waals surface area contributed by atoms with Crippen molar-refractivity contribution in [2.75, 3.05) is 19.1 Å². The number of anilines is 1. The molecule has 0 bridgehead atoms. The first kappa shape index (κ1) is 14.4. The van der Waals surface area contributed by atoms with Gasteiger partial charge in [0.15, 0.2) is 0 Å². The van der Waals surface area contributed by atoms with Gasteiger partial charge in [-0.15, -0.1) is 0 Å². The van der Waals surface area contributed by atoms with Crippen LogP contribution in [-0.2, 0) is 4.74 Å². The van der Waals surface area contributed by atoms with Crippen molar-refractivity contribution < 1.29 is 14.9 Å². The number of aliphatic hydroxyl groups is 2. The first-order chi connectivity index (χ1) is 9.72. The van der Waals surface area contributed by atoms with Crippen LogP contribution in [0.25, 0.3) is 0 Å². The molecule has 1 fully saturated rings. The molecule has 7 heteroatoms. The zero-order valence-electron chi connectivity index (χ0n) is 11.1. The first-order valence-electron chi connectivity index (χ1n) is 6.28. The lowest BCUT2D eigenvalue weighted by molar-refractivity contribution is 0.0475. The predicted molar refractivity (Wildman–Crippen MR) is 76.8 cm³/mol. The normalized spacial score (nSPS) is 26.9. The average molecular weight is 278 g/mol. The topological polar surface area (TPSA) is 98.5 Å². The highest BCUT2D eigenvalue weighted by atomic mass is 16.5. The van der Waals surface area contributed by atoms with Crippen LogP contribution in [0.5, 0.6) is 0 Å². The summed E-state index contributed by atoms with van der Waals surface area (Å²) < 4.78 is 5.31. The molecule has 2 rings (SSSR count). The number of para-hydroxylation sites is 1. The van der Waals surface area contributed by atoms with Crippen molar-refractivity contribution in [2.45, 2.75) is 18.3 Å². The largest absolute Gasteiger partial charge is 0.388 e. The summed E-state index contributed by atoms with van der Waals surface area (Å²) in [6.45, 7) is 0.0779. The van der Waals surface area contributed by atoms with Gasteiger partial charge in [-0.1, -0.05) is 18.2 Å². The second kappa shape index (κ2) is 6.99. The lowest BCUT2D eigenvalue weighted by atomic mass is 10.1. The fraction of sp³-hybridized carbons (Fsp3) is 0.385. The van der Waals surface area contributed by atoms with Crippen LogP contribution in [0.15, 0.2) is 40.5 Å². The van der Waals surface area contributed by atoms with Gasteiger partial charge in [0, 0.05) is 7.05 Å². The molecule has 0 aromatic heterocycles. The molecule has 1 aromatic rings. The molecule has 1 aliphatic rings. The number of nitrogens with zero attached hydrogens (tertiary/aromatic N) is 2. The molecule has 4 N–H and O–H groups in total. The van der Waals surface area contributed by atoms with Gasteiger partial charge in [-0.05, 0) is 12.1 Å². The smallest absolute Gasteiger partial charge is 0.131 e. The van der Waals surface area contributed by atoms with E-state index >= 15 is 0 Å². The molecule has 0 saturated carbocycles. The highest BCUT2D eigenvalue weighted by molar-refractivity contribution is 6.33. The number of benzene rings is 1. The molecular formula is C13H18N4O3. The molecule has 1 aromatic carbocycles. The van der Waals surface area contributed by atoms with E-state index in [9.17, 15) is 10.2 Å². The maximum atomic E-state index is 9.81. The summed E-state index contributed by atoms with van der Waals surface area (Å²) in [6, 6.07) is 9.43. The number of rotatable bonds is 5. The minimum absolute atomic E-state index is 0.0779. The van der Waals surface area contributed by atoms with E-state index in [1.165, 1.54) is 6.21 Å². The third-order valence-corrected chi connectivity index (χ3v) is 2.85. The molecule has 0 unspecified atom stereocenters. The van der Waals surface area contributed by atoms with Gasteiger partial charge in [-0.25, -0.2) is 0 Å².